The number of fused-ring (bicyclic) bond motifs is 1. The summed E-state index contributed by atoms with van der Waals surface area (Å²) >= 11 is 1.66. The lowest BCUT2D eigenvalue weighted by Gasteiger charge is -2.05. The van der Waals surface area contributed by atoms with Crippen molar-refractivity contribution >= 4 is 22.2 Å². The zero-order valence-corrected chi connectivity index (χ0v) is 13.7. The molecule has 23 heavy (non-hydrogen) atoms. The minimum Gasteiger partial charge on any atom is -0.352 e. The molecule has 118 valence electrons. The lowest BCUT2D eigenvalue weighted by molar-refractivity contribution is -0.121. The third kappa shape index (κ3) is 3.29. The molecule has 2 aromatic heterocycles. The summed E-state index contributed by atoms with van der Waals surface area (Å²) in [6.07, 6.45) is 5.95. The first kappa shape index (κ1) is 14.5. The van der Waals surface area contributed by atoms with Crippen LogP contribution < -0.4 is 5.32 Å². The summed E-state index contributed by atoms with van der Waals surface area (Å²) in [5, 5.41) is 5.10. The van der Waals surface area contributed by atoms with Crippen molar-refractivity contribution in [3.8, 4) is 0 Å². The molecule has 1 fully saturated rings. The fourth-order valence-electron chi connectivity index (χ4n) is 2.73. The average Bonchev–Trinajstić information content (AvgIpc) is 3.23. The Morgan fingerprint density at radius 3 is 2.91 bits per heavy atom. The number of rotatable bonds is 6. The molecule has 1 aromatic carbocycles. The summed E-state index contributed by atoms with van der Waals surface area (Å²) in [5.74, 6) is 0.764. The number of aryl methyl sites for hydroxylation is 1. The van der Waals surface area contributed by atoms with Crippen LogP contribution in [0.1, 0.15) is 42.1 Å². The van der Waals surface area contributed by atoms with Gasteiger partial charge in [0.25, 0.3) is 0 Å². The van der Waals surface area contributed by atoms with E-state index in [-0.39, 0.29) is 5.91 Å². The minimum absolute atomic E-state index is 0.0933. The molecule has 1 aliphatic rings. The zero-order valence-electron chi connectivity index (χ0n) is 12.9. The molecule has 1 saturated carbocycles. The number of hydrogen-bond donors (Lipinski definition) is 1. The monoisotopic (exact) mass is 325 g/mol. The van der Waals surface area contributed by atoms with Gasteiger partial charge in [-0.3, -0.25) is 9.20 Å². The third-order valence-electron chi connectivity index (χ3n) is 4.24. The normalized spacial score (nSPS) is 14.3. The number of imidazole rings is 1. The van der Waals surface area contributed by atoms with Crippen molar-refractivity contribution in [1.29, 1.82) is 0 Å². The van der Waals surface area contributed by atoms with E-state index in [1.807, 2.05) is 30.3 Å². The van der Waals surface area contributed by atoms with Crippen LogP contribution in [0.15, 0.2) is 41.9 Å². The van der Waals surface area contributed by atoms with E-state index in [1.165, 1.54) is 24.2 Å². The Morgan fingerprint density at radius 1 is 1.30 bits per heavy atom. The van der Waals surface area contributed by atoms with Gasteiger partial charge >= 0.3 is 0 Å². The van der Waals surface area contributed by atoms with Crippen LogP contribution in [0.2, 0.25) is 0 Å². The summed E-state index contributed by atoms with van der Waals surface area (Å²) in [5.41, 5.74) is 3.52. The number of aromatic nitrogens is 2. The maximum absolute atomic E-state index is 12.0. The zero-order chi connectivity index (χ0) is 15.6. The van der Waals surface area contributed by atoms with Crippen molar-refractivity contribution < 1.29 is 4.79 Å². The highest BCUT2D eigenvalue weighted by Crippen LogP contribution is 2.40. The minimum atomic E-state index is 0.0933. The average molecular weight is 325 g/mol. The Bertz CT molecular complexity index is 817. The topological polar surface area (TPSA) is 46.4 Å². The molecule has 0 spiro atoms. The van der Waals surface area contributed by atoms with Crippen molar-refractivity contribution in [3.63, 3.8) is 0 Å². The second kappa shape index (κ2) is 6.16. The second-order valence-electron chi connectivity index (χ2n) is 6.08. The van der Waals surface area contributed by atoms with Gasteiger partial charge in [-0.2, -0.15) is 0 Å². The quantitative estimate of drug-likeness (QED) is 0.754. The van der Waals surface area contributed by atoms with Gasteiger partial charge in [0.15, 0.2) is 4.96 Å². The van der Waals surface area contributed by atoms with Crippen LogP contribution in [-0.2, 0) is 17.8 Å². The first-order valence-electron chi connectivity index (χ1n) is 8.05. The number of thiazole rings is 1. The summed E-state index contributed by atoms with van der Waals surface area (Å²) < 4.78 is 2.16. The van der Waals surface area contributed by atoms with E-state index in [0.717, 1.165) is 16.9 Å². The van der Waals surface area contributed by atoms with Crippen molar-refractivity contribution in [3.05, 3.63) is 58.9 Å². The van der Waals surface area contributed by atoms with Gasteiger partial charge in [0.05, 0.1) is 5.69 Å². The Labute approximate surface area is 139 Å². The number of nitrogens with zero attached hydrogens (tertiary/aromatic N) is 2. The number of carbonyl (C=O) groups is 1. The summed E-state index contributed by atoms with van der Waals surface area (Å²) in [6.45, 7) is 0.593. The molecule has 0 radical (unpaired) electrons. The molecule has 0 saturated heterocycles. The van der Waals surface area contributed by atoms with E-state index < -0.39 is 0 Å². The van der Waals surface area contributed by atoms with Gasteiger partial charge in [0, 0.05) is 36.2 Å². The molecule has 1 aliphatic carbocycles. The molecule has 0 bridgehead atoms. The van der Waals surface area contributed by atoms with Crippen LogP contribution in [-0.4, -0.2) is 15.3 Å². The predicted molar refractivity (Wildman–Crippen MR) is 91.7 cm³/mol. The fraction of sp³-hybridized carbons (Fsp3) is 0.333. The van der Waals surface area contributed by atoms with E-state index in [9.17, 15) is 4.79 Å². The SMILES string of the molecule is O=C(CCc1csc2nc(C3CC3)cn12)NCc1ccccc1. The molecule has 2 heterocycles. The highest BCUT2D eigenvalue weighted by molar-refractivity contribution is 7.15. The predicted octanol–water partition coefficient (Wildman–Crippen LogP) is 3.52. The number of benzene rings is 1. The summed E-state index contributed by atoms with van der Waals surface area (Å²) in [7, 11) is 0. The Balaban J connectivity index is 1.34. The van der Waals surface area contributed by atoms with Gasteiger partial charge in [0.1, 0.15) is 0 Å². The van der Waals surface area contributed by atoms with Gasteiger partial charge in [-0.25, -0.2) is 4.98 Å². The Morgan fingerprint density at radius 2 is 2.13 bits per heavy atom. The second-order valence-corrected chi connectivity index (χ2v) is 6.92. The van der Waals surface area contributed by atoms with E-state index >= 15 is 0 Å². The number of carbonyl (C=O) groups excluding carboxylic acids is 1. The van der Waals surface area contributed by atoms with Gasteiger partial charge in [0.2, 0.25) is 5.91 Å². The number of nitrogens with one attached hydrogen (secondary N) is 1. The molecule has 0 unspecified atom stereocenters. The lowest BCUT2D eigenvalue weighted by atomic mass is 10.2. The molecule has 5 heteroatoms. The molecule has 1 N–H and O–H groups in total. The van der Waals surface area contributed by atoms with E-state index in [4.69, 9.17) is 0 Å². The molecule has 0 aliphatic heterocycles. The van der Waals surface area contributed by atoms with Crippen LogP contribution in [0.4, 0.5) is 0 Å². The highest BCUT2D eigenvalue weighted by atomic mass is 32.1. The Hall–Kier alpha value is -2.14. The summed E-state index contributed by atoms with van der Waals surface area (Å²) in [4.78, 5) is 17.8. The first-order valence-corrected chi connectivity index (χ1v) is 8.93. The van der Waals surface area contributed by atoms with Crippen LogP contribution in [0.5, 0.6) is 0 Å². The van der Waals surface area contributed by atoms with Crippen LogP contribution in [0, 0.1) is 0 Å². The van der Waals surface area contributed by atoms with Gasteiger partial charge in [-0.05, 0) is 24.8 Å². The summed E-state index contributed by atoms with van der Waals surface area (Å²) in [6, 6.07) is 10.00. The number of hydrogen-bond acceptors (Lipinski definition) is 3. The van der Waals surface area contributed by atoms with Crippen LogP contribution in [0.3, 0.4) is 0 Å². The molecule has 4 rings (SSSR count). The molecule has 1 amide bonds. The van der Waals surface area contributed by atoms with Gasteiger partial charge in [-0.15, -0.1) is 11.3 Å². The van der Waals surface area contributed by atoms with Crippen molar-refractivity contribution in [2.24, 2.45) is 0 Å². The number of amides is 1. The van der Waals surface area contributed by atoms with Crippen LogP contribution >= 0.6 is 11.3 Å². The smallest absolute Gasteiger partial charge is 0.220 e. The largest absolute Gasteiger partial charge is 0.352 e. The van der Waals surface area contributed by atoms with E-state index in [1.54, 1.807) is 11.3 Å². The molecular formula is C18H19N3OS. The van der Waals surface area contributed by atoms with Crippen molar-refractivity contribution in [1.82, 2.24) is 14.7 Å². The third-order valence-corrected chi connectivity index (χ3v) is 5.13. The van der Waals surface area contributed by atoms with E-state index in [0.29, 0.717) is 18.9 Å². The van der Waals surface area contributed by atoms with Gasteiger partial charge < -0.3 is 5.32 Å². The van der Waals surface area contributed by atoms with E-state index in [2.05, 4.69) is 26.3 Å². The maximum atomic E-state index is 12.0. The van der Waals surface area contributed by atoms with Crippen LogP contribution in [0.25, 0.3) is 4.96 Å². The molecule has 3 aromatic rings. The maximum Gasteiger partial charge on any atom is 0.220 e. The van der Waals surface area contributed by atoms with Crippen molar-refractivity contribution in [2.45, 2.75) is 38.1 Å². The molecular weight excluding hydrogens is 306 g/mol. The lowest BCUT2D eigenvalue weighted by Crippen LogP contribution is -2.23. The standard InChI is InChI=1S/C18H19N3OS/c22-17(19-10-13-4-2-1-3-5-13)9-8-15-12-23-18-20-16(11-21(15)18)14-6-7-14/h1-5,11-12,14H,6-10H2,(H,19,22). The Kier molecular flexibility index (Phi) is 3.87. The first-order chi connectivity index (χ1) is 11.3. The highest BCUT2D eigenvalue weighted by Gasteiger charge is 2.26. The molecule has 0 atom stereocenters. The fourth-order valence-corrected chi connectivity index (χ4v) is 3.64. The van der Waals surface area contributed by atoms with Gasteiger partial charge in [-0.1, -0.05) is 30.3 Å². The van der Waals surface area contributed by atoms with Crippen molar-refractivity contribution in [2.75, 3.05) is 0 Å². The molecule has 4 nitrogen and oxygen atoms in total.